The van der Waals surface area contributed by atoms with E-state index in [1.54, 1.807) is 0 Å². The number of nitrogen functional groups attached to an aromatic ring is 1. The van der Waals surface area contributed by atoms with Crippen LogP contribution in [-0.2, 0) is 0 Å². The summed E-state index contributed by atoms with van der Waals surface area (Å²) in [6, 6.07) is 16.5. The second-order valence-electron chi connectivity index (χ2n) is 3.78. The van der Waals surface area contributed by atoms with Crippen molar-refractivity contribution in [1.82, 2.24) is 0 Å². The van der Waals surface area contributed by atoms with Crippen molar-refractivity contribution < 1.29 is 0 Å². The molecule has 0 saturated carbocycles. The Balaban J connectivity index is 2.42. The van der Waals surface area contributed by atoms with Crippen LogP contribution in [0.3, 0.4) is 0 Å². The quantitative estimate of drug-likeness (QED) is 0.676. The molecule has 2 rings (SSSR count). The molecule has 17 heavy (non-hydrogen) atoms. The molecule has 2 nitrogen and oxygen atoms in total. The standard InChI is InChI=1S/C14H15IN2/c1-2-17(12-6-4-3-5-7-12)14-9-8-11(15)10-13(14)16/h3-10H,2,16H2,1H3. The minimum absolute atomic E-state index is 0.822. The van der Waals surface area contributed by atoms with Crippen molar-refractivity contribution in [3.05, 3.63) is 52.1 Å². The number of halogens is 1. The van der Waals surface area contributed by atoms with Crippen LogP contribution in [0.25, 0.3) is 0 Å². The average molecular weight is 338 g/mol. The molecule has 88 valence electrons. The van der Waals surface area contributed by atoms with E-state index in [1.807, 2.05) is 24.3 Å². The van der Waals surface area contributed by atoms with E-state index >= 15 is 0 Å². The largest absolute Gasteiger partial charge is 0.397 e. The first-order valence-electron chi connectivity index (χ1n) is 5.60. The van der Waals surface area contributed by atoms with Gasteiger partial charge in [0.1, 0.15) is 0 Å². The molecule has 0 aliphatic rings. The normalized spacial score (nSPS) is 10.2. The summed E-state index contributed by atoms with van der Waals surface area (Å²) >= 11 is 2.27. The van der Waals surface area contributed by atoms with Gasteiger partial charge in [0.15, 0.2) is 0 Å². The van der Waals surface area contributed by atoms with Crippen molar-refractivity contribution in [3.8, 4) is 0 Å². The number of para-hydroxylation sites is 1. The lowest BCUT2D eigenvalue weighted by Gasteiger charge is -2.24. The first-order valence-corrected chi connectivity index (χ1v) is 6.68. The van der Waals surface area contributed by atoms with Crippen LogP contribution < -0.4 is 10.6 Å². The van der Waals surface area contributed by atoms with Gasteiger partial charge in [0, 0.05) is 15.8 Å². The predicted molar refractivity (Wildman–Crippen MR) is 82.7 cm³/mol. The molecule has 0 aliphatic carbocycles. The van der Waals surface area contributed by atoms with Crippen LogP contribution in [0.2, 0.25) is 0 Å². The number of nitrogens with two attached hydrogens (primary N) is 1. The Morgan fingerprint density at radius 2 is 1.82 bits per heavy atom. The number of nitrogens with zero attached hydrogens (tertiary/aromatic N) is 1. The Morgan fingerprint density at radius 3 is 2.41 bits per heavy atom. The maximum Gasteiger partial charge on any atom is 0.0645 e. The number of rotatable bonds is 3. The molecule has 0 heterocycles. The molecule has 0 atom stereocenters. The Kier molecular flexibility index (Phi) is 3.89. The van der Waals surface area contributed by atoms with E-state index in [0.717, 1.165) is 21.5 Å². The molecule has 0 fully saturated rings. The van der Waals surface area contributed by atoms with Crippen LogP contribution in [0.1, 0.15) is 6.92 Å². The molecular formula is C14H15IN2. The van der Waals surface area contributed by atoms with Crippen molar-refractivity contribution in [2.24, 2.45) is 0 Å². The number of benzene rings is 2. The van der Waals surface area contributed by atoms with Crippen LogP contribution in [0.5, 0.6) is 0 Å². The molecule has 0 spiro atoms. The lowest BCUT2D eigenvalue weighted by atomic mass is 10.2. The van der Waals surface area contributed by atoms with Crippen LogP contribution in [-0.4, -0.2) is 6.54 Å². The molecular weight excluding hydrogens is 323 g/mol. The van der Waals surface area contributed by atoms with Gasteiger partial charge < -0.3 is 10.6 Å². The van der Waals surface area contributed by atoms with Gasteiger partial charge in [-0.05, 0) is 59.8 Å². The summed E-state index contributed by atoms with van der Waals surface area (Å²) in [7, 11) is 0. The minimum Gasteiger partial charge on any atom is -0.397 e. The van der Waals surface area contributed by atoms with Gasteiger partial charge >= 0.3 is 0 Å². The van der Waals surface area contributed by atoms with E-state index in [4.69, 9.17) is 5.73 Å². The van der Waals surface area contributed by atoms with E-state index in [2.05, 4.69) is 58.7 Å². The molecule has 0 unspecified atom stereocenters. The van der Waals surface area contributed by atoms with Gasteiger partial charge in [-0.1, -0.05) is 18.2 Å². The van der Waals surface area contributed by atoms with Crippen molar-refractivity contribution in [3.63, 3.8) is 0 Å². The summed E-state index contributed by atoms with van der Waals surface area (Å²) < 4.78 is 1.16. The highest BCUT2D eigenvalue weighted by molar-refractivity contribution is 14.1. The molecule has 2 N–H and O–H groups in total. The Morgan fingerprint density at radius 1 is 1.12 bits per heavy atom. The molecule has 0 radical (unpaired) electrons. The molecule has 0 aromatic heterocycles. The Labute approximate surface area is 116 Å². The molecule has 0 aliphatic heterocycles. The Hall–Kier alpha value is -1.23. The molecule has 3 heteroatoms. The van der Waals surface area contributed by atoms with Gasteiger partial charge in [0.25, 0.3) is 0 Å². The maximum absolute atomic E-state index is 6.09. The zero-order valence-corrected chi connectivity index (χ0v) is 11.9. The fourth-order valence-electron chi connectivity index (χ4n) is 1.87. The summed E-state index contributed by atoms with van der Waals surface area (Å²) in [5.41, 5.74) is 9.15. The zero-order chi connectivity index (χ0) is 12.3. The van der Waals surface area contributed by atoms with E-state index in [9.17, 15) is 0 Å². The fourth-order valence-corrected chi connectivity index (χ4v) is 2.39. The van der Waals surface area contributed by atoms with Crippen LogP contribution in [0, 0.1) is 3.57 Å². The third kappa shape index (κ3) is 2.72. The van der Waals surface area contributed by atoms with Gasteiger partial charge in [-0.25, -0.2) is 0 Å². The van der Waals surface area contributed by atoms with E-state index in [-0.39, 0.29) is 0 Å². The van der Waals surface area contributed by atoms with Gasteiger partial charge in [0.2, 0.25) is 0 Å². The van der Waals surface area contributed by atoms with Crippen molar-refractivity contribution in [2.75, 3.05) is 17.2 Å². The number of hydrogen-bond acceptors (Lipinski definition) is 2. The highest BCUT2D eigenvalue weighted by atomic mass is 127. The first-order chi connectivity index (χ1) is 8.22. The van der Waals surface area contributed by atoms with Gasteiger partial charge in [-0.15, -0.1) is 0 Å². The second-order valence-corrected chi connectivity index (χ2v) is 5.03. The number of hydrogen-bond donors (Lipinski definition) is 1. The summed E-state index contributed by atoms with van der Waals surface area (Å²) in [6.45, 7) is 3.03. The first kappa shape index (κ1) is 12.2. The fraction of sp³-hybridized carbons (Fsp3) is 0.143. The highest BCUT2D eigenvalue weighted by Gasteiger charge is 2.09. The lowest BCUT2D eigenvalue weighted by molar-refractivity contribution is 1.03. The highest BCUT2D eigenvalue weighted by Crippen LogP contribution is 2.30. The zero-order valence-electron chi connectivity index (χ0n) is 9.73. The lowest BCUT2D eigenvalue weighted by Crippen LogP contribution is -2.17. The van der Waals surface area contributed by atoms with Crippen LogP contribution >= 0.6 is 22.6 Å². The molecule has 2 aromatic rings. The van der Waals surface area contributed by atoms with Gasteiger partial charge in [-0.2, -0.15) is 0 Å². The third-order valence-electron chi connectivity index (χ3n) is 2.66. The molecule has 2 aromatic carbocycles. The number of anilines is 3. The van der Waals surface area contributed by atoms with Gasteiger partial charge in [0.05, 0.1) is 11.4 Å². The third-order valence-corrected chi connectivity index (χ3v) is 3.34. The summed E-state index contributed by atoms with van der Waals surface area (Å²) in [4.78, 5) is 2.21. The topological polar surface area (TPSA) is 29.3 Å². The van der Waals surface area contributed by atoms with Crippen LogP contribution in [0.15, 0.2) is 48.5 Å². The summed E-state index contributed by atoms with van der Waals surface area (Å²) in [5, 5.41) is 0. The molecule has 0 bridgehead atoms. The van der Waals surface area contributed by atoms with Crippen molar-refractivity contribution in [1.29, 1.82) is 0 Å². The smallest absolute Gasteiger partial charge is 0.0645 e. The minimum atomic E-state index is 0.822. The summed E-state index contributed by atoms with van der Waals surface area (Å²) in [6.07, 6.45) is 0. The van der Waals surface area contributed by atoms with Crippen LogP contribution in [0.4, 0.5) is 17.1 Å². The SMILES string of the molecule is CCN(c1ccccc1)c1ccc(I)cc1N. The maximum atomic E-state index is 6.09. The monoisotopic (exact) mass is 338 g/mol. The van der Waals surface area contributed by atoms with Crippen molar-refractivity contribution in [2.45, 2.75) is 6.92 Å². The van der Waals surface area contributed by atoms with E-state index < -0.39 is 0 Å². The van der Waals surface area contributed by atoms with E-state index in [1.165, 1.54) is 5.69 Å². The second kappa shape index (κ2) is 5.40. The predicted octanol–water partition coefficient (Wildman–Crippen LogP) is 4.03. The average Bonchev–Trinajstić information content (AvgIpc) is 2.34. The van der Waals surface area contributed by atoms with E-state index in [0.29, 0.717) is 0 Å². The van der Waals surface area contributed by atoms with Gasteiger partial charge in [-0.3, -0.25) is 0 Å². The Bertz CT molecular complexity index is 497. The molecule has 0 saturated heterocycles. The summed E-state index contributed by atoms with van der Waals surface area (Å²) in [5.74, 6) is 0. The molecule has 0 amide bonds. The van der Waals surface area contributed by atoms with Crippen molar-refractivity contribution >= 4 is 39.7 Å².